The molecule has 0 amide bonds. The lowest BCUT2D eigenvalue weighted by Gasteiger charge is -2.31. The molecule has 11 heteroatoms. The van der Waals surface area contributed by atoms with Crippen molar-refractivity contribution in [1.82, 2.24) is 0 Å². The van der Waals surface area contributed by atoms with Crippen molar-refractivity contribution in [3.8, 4) is 22.6 Å². The minimum absolute atomic E-state index is 0.128. The molecule has 3 aromatic carbocycles. The van der Waals surface area contributed by atoms with Crippen LogP contribution in [0.15, 0.2) is 66.7 Å². The van der Waals surface area contributed by atoms with Crippen LogP contribution in [-0.2, 0) is 13.6 Å². The molecular weight excluding hydrogens is 546 g/mol. The van der Waals surface area contributed by atoms with E-state index < -0.39 is 39.3 Å². The number of hydrogen-bond acceptors (Lipinski definition) is 8. The maximum Gasteiger partial charge on any atom is 0.346 e. The molecule has 1 unspecified atom stereocenters. The molecule has 1 atom stereocenters. The molecule has 3 rings (SSSR count). The third-order valence-corrected chi connectivity index (χ3v) is 11.3. The number of nitrogens with zero attached hydrogens (tertiary/aromatic N) is 1. The van der Waals surface area contributed by atoms with Gasteiger partial charge in [-0.2, -0.15) is 0 Å². The number of ketones is 1. The number of carbonyl (C=O) groups excluding carboxylic acids is 2. The molecule has 0 saturated heterocycles. The Morgan fingerprint density at radius 3 is 1.95 bits per heavy atom. The van der Waals surface area contributed by atoms with E-state index in [9.17, 15) is 19.7 Å². The Morgan fingerprint density at radius 2 is 1.43 bits per heavy atom. The van der Waals surface area contributed by atoms with Gasteiger partial charge < -0.3 is 18.3 Å². The molecule has 40 heavy (non-hydrogen) atoms. The average molecular weight is 582 g/mol. The maximum atomic E-state index is 13.1. The molecule has 212 valence electrons. The van der Waals surface area contributed by atoms with Crippen LogP contribution in [0.2, 0.25) is 32.7 Å². The van der Waals surface area contributed by atoms with Gasteiger partial charge in [-0.05, 0) is 75.1 Å². The van der Waals surface area contributed by atoms with Gasteiger partial charge in [0.25, 0.3) is 0 Å². The summed E-state index contributed by atoms with van der Waals surface area (Å²) in [5, 5.41) is 11.6. The van der Waals surface area contributed by atoms with Gasteiger partial charge in [0.2, 0.25) is 8.32 Å². The molecule has 0 aromatic heterocycles. The van der Waals surface area contributed by atoms with Gasteiger partial charge in [-0.3, -0.25) is 14.9 Å². The van der Waals surface area contributed by atoms with Gasteiger partial charge in [0, 0.05) is 17.2 Å². The molecule has 0 radical (unpaired) electrons. The zero-order chi connectivity index (χ0) is 29.7. The fourth-order valence-corrected chi connectivity index (χ4v) is 11.5. The first-order valence-electron chi connectivity index (χ1n) is 12.8. The highest BCUT2D eigenvalue weighted by Gasteiger charge is 2.30. The number of hydrogen-bond donors (Lipinski definition) is 0. The van der Waals surface area contributed by atoms with Crippen molar-refractivity contribution in [3.05, 3.63) is 88.0 Å². The van der Waals surface area contributed by atoms with Crippen LogP contribution in [0.3, 0.4) is 0 Å². The maximum absolute atomic E-state index is 13.1. The Balaban J connectivity index is 1.71. The molecule has 0 aliphatic heterocycles. The Morgan fingerprint density at radius 1 is 0.875 bits per heavy atom. The highest BCUT2D eigenvalue weighted by molar-refractivity contribution is 6.84. The Hall–Kier alpha value is -3.81. The molecular formula is C29H35NO8Si2. The molecule has 9 nitrogen and oxygen atoms in total. The van der Waals surface area contributed by atoms with Crippen molar-refractivity contribution in [2.45, 2.75) is 45.8 Å². The third-order valence-electron chi connectivity index (χ3n) is 5.76. The van der Waals surface area contributed by atoms with Crippen LogP contribution >= 0.6 is 0 Å². The van der Waals surface area contributed by atoms with E-state index in [-0.39, 0.29) is 17.1 Å². The predicted molar refractivity (Wildman–Crippen MR) is 158 cm³/mol. The van der Waals surface area contributed by atoms with Crippen LogP contribution in [0.25, 0.3) is 11.1 Å². The number of benzene rings is 3. The van der Waals surface area contributed by atoms with Gasteiger partial charge in [-0.25, -0.2) is 4.79 Å². The predicted octanol–water partition coefficient (Wildman–Crippen LogP) is 6.41. The minimum Gasteiger partial charge on any atom is -0.494 e. The van der Waals surface area contributed by atoms with E-state index in [2.05, 4.69) is 37.5 Å². The van der Waals surface area contributed by atoms with E-state index in [1.807, 2.05) is 36.4 Å². The van der Waals surface area contributed by atoms with Gasteiger partial charge >= 0.3 is 11.7 Å². The molecule has 0 N–H and O–H groups in total. The first-order valence-corrected chi connectivity index (χ1v) is 19.3. The van der Waals surface area contributed by atoms with Crippen molar-refractivity contribution in [1.29, 1.82) is 0 Å². The highest BCUT2D eigenvalue weighted by atomic mass is 28.4. The number of methoxy groups -OCH3 is 1. The number of nitro groups is 1. The molecule has 0 aliphatic rings. The van der Waals surface area contributed by atoms with Crippen LogP contribution in [0.5, 0.6) is 11.5 Å². The van der Waals surface area contributed by atoms with Gasteiger partial charge in [0.1, 0.15) is 12.0 Å². The second-order valence-corrected chi connectivity index (χ2v) is 19.8. The first kappa shape index (κ1) is 30.7. The topological polar surface area (TPSA) is 114 Å². The Kier molecular flexibility index (Phi) is 9.66. The summed E-state index contributed by atoms with van der Waals surface area (Å²) < 4.78 is 22.3. The summed E-state index contributed by atoms with van der Waals surface area (Å²) >= 11 is 0. The zero-order valence-electron chi connectivity index (χ0n) is 23.8. The minimum atomic E-state index is -1.93. The number of ether oxygens (including phenoxy) is 3. The van der Waals surface area contributed by atoms with Crippen molar-refractivity contribution in [3.63, 3.8) is 0 Å². The van der Waals surface area contributed by atoms with Crippen LogP contribution in [0, 0.1) is 10.1 Å². The lowest BCUT2D eigenvalue weighted by Crippen LogP contribution is -2.46. The van der Waals surface area contributed by atoms with Crippen molar-refractivity contribution in [2.75, 3.05) is 13.3 Å². The molecule has 0 heterocycles. The normalized spacial score (nSPS) is 12.4. The summed E-state index contributed by atoms with van der Waals surface area (Å²) in [5.41, 5.74) is 1.95. The smallest absolute Gasteiger partial charge is 0.346 e. The highest BCUT2D eigenvalue weighted by Crippen LogP contribution is 2.30. The largest absolute Gasteiger partial charge is 0.494 e. The van der Waals surface area contributed by atoms with E-state index >= 15 is 0 Å². The Labute approximate surface area is 236 Å². The zero-order valence-corrected chi connectivity index (χ0v) is 25.8. The molecule has 0 bridgehead atoms. The quantitative estimate of drug-likeness (QED) is 0.0793. The van der Waals surface area contributed by atoms with Crippen molar-refractivity contribution in [2.24, 2.45) is 0 Å². The van der Waals surface area contributed by atoms with Crippen LogP contribution < -0.4 is 9.47 Å². The molecule has 0 saturated carbocycles. The molecule has 3 aromatic rings. The summed E-state index contributed by atoms with van der Waals surface area (Å²) in [6, 6.07) is 18.6. The SMILES string of the molecule is COC(=O)C(C)Oc1ccc(C(=O)c2ccc(-c3ccc(OC[Si](C)(C)O[Si](C)(C)C)cc3)cc2)cc1[N+](=O)[O-]. The monoisotopic (exact) mass is 581 g/mol. The standard InChI is InChI=1S/C29H35NO8Si2/c1-20(29(32)35-2)37-27-17-14-24(18-26(27)30(33)34)28(31)23-10-8-21(9-11-23)22-12-15-25(16-13-22)36-19-40(6,7)38-39(3,4)5/h8-18,20H,19H2,1-7H3. The summed E-state index contributed by atoms with van der Waals surface area (Å²) in [6.45, 7) is 12.3. The summed E-state index contributed by atoms with van der Waals surface area (Å²) in [4.78, 5) is 35.7. The van der Waals surface area contributed by atoms with Crippen LogP contribution in [0.4, 0.5) is 5.69 Å². The second kappa shape index (κ2) is 12.6. The second-order valence-electron chi connectivity index (χ2n) is 10.9. The number of esters is 1. The van der Waals surface area contributed by atoms with Crippen molar-refractivity contribution < 1.29 is 32.8 Å². The number of rotatable bonds is 12. The van der Waals surface area contributed by atoms with Gasteiger partial charge in [-0.1, -0.05) is 36.4 Å². The summed E-state index contributed by atoms with van der Waals surface area (Å²) in [5.74, 6) is -0.408. The van der Waals surface area contributed by atoms with Crippen LogP contribution in [-0.4, -0.2) is 52.8 Å². The van der Waals surface area contributed by atoms with E-state index in [4.69, 9.17) is 13.6 Å². The van der Waals surface area contributed by atoms with Crippen molar-refractivity contribution >= 4 is 34.1 Å². The summed E-state index contributed by atoms with van der Waals surface area (Å²) in [6.07, 6.45) is -0.473. The molecule has 0 fully saturated rings. The first-order chi connectivity index (χ1) is 18.7. The molecule has 0 aliphatic carbocycles. The Bertz CT molecular complexity index is 1370. The number of nitro benzene ring substituents is 1. The lowest BCUT2D eigenvalue weighted by molar-refractivity contribution is -0.386. The third kappa shape index (κ3) is 8.34. The van der Waals surface area contributed by atoms with E-state index in [0.29, 0.717) is 11.8 Å². The molecule has 0 spiro atoms. The average Bonchev–Trinajstić information content (AvgIpc) is 2.90. The van der Waals surface area contributed by atoms with Crippen LogP contribution in [0.1, 0.15) is 22.8 Å². The fraction of sp³-hybridized carbons (Fsp3) is 0.310. The lowest BCUT2D eigenvalue weighted by atomic mass is 9.99. The fourth-order valence-electron chi connectivity index (χ4n) is 4.15. The van der Waals surface area contributed by atoms with E-state index in [1.165, 1.54) is 26.2 Å². The van der Waals surface area contributed by atoms with Gasteiger partial charge in [0.15, 0.2) is 26.0 Å². The van der Waals surface area contributed by atoms with Gasteiger partial charge in [0.05, 0.1) is 12.0 Å². The van der Waals surface area contributed by atoms with E-state index in [0.717, 1.165) is 22.9 Å². The number of carbonyl (C=O) groups is 2. The van der Waals surface area contributed by atoms with Gasteiger partial charge in [-0.15, -0.1) is 0 Å². The summed E-state index contributed by atoms with van der Waals surface area (Å²) in [7, 11) is -2.36. The van der Waals surface area contributed by atoms with E-state index in [1.54, 1.807) is 12.1 Å².